The first-order valence-corrected chi connectivity index (χ1v) is 7.39. The Labute approximate surface area is 111 Å². The van der Waals surface area contributed by atoms with E-state index in [2.05, 4.69) is 29.1 Å². The van der Waals surface area contributed by atoms with Crippen molar-refractivity contribution in [1.82, 2.24) is 15.1 Å². The first kappa shape index (κ1) is 14.3. The molecule has 1 spiro atoms. The van der Waals surface area contributed by atoms with Gasteiger partial charge < -0.3 is 15.3 Å². The van der Waals surface area contributed by atoms with Gasteiger partial charge in [-0.2, -0.15) is 0 Å². The number of aliphatic hydroxyl groups is 1. The molecule has 0 aromatic heterocycles. The Bertz CT molecular complexity index is 253. The van der Waals surface area contributed by atoms with Crippen LogP contribution in [0.15, 0.2) is 0 Å². The van der Waals surface area contributed by atoms with Crippen molar-refractivity contribution in [3.05, 3.63) is 0 Å². The molecule has 0 amide bonds. The second kappa shape index (κ2) is 6.33. The monoisotopic (exact) mass is 255 g/mol. The van der Waals surface area contributed by atoms with E-state index in [0.717, 1.165) is 13.1 Å². The predicted octanol–water partition coefficient (Wildman–Crippen LogP) is 0.375. The topological polar surface area (TPSA) is 38.7 Å². The molecule has 2 fully saturated rings. The van der Waals surface area contributed by atoms with Gasteiger partial charge in [0.2, 0.25) is 0 Å². The van der Waals surface area contributed by atoms with Gasteiger partial charge >= 0.3 is 0 Å². The van der Waals surface area contributed by atoms with Crippen LogP contribution in [-0.2, 0) is 0 Å². The fourth-order valence-electron chi connectivity index (χ4n) is 3.54. The maximum absolute atomic E-state index is 8.95. The summed E-state index contributed by atoms with van der Waals surface area (Å²) in [4.78, 5) is 4.89. The van der Waals surface area contributed by atoms with Crippen molar-refractivity contribution in [3.8, 4) is 0 Å². The number of piperidine rings is 1. The SMILES string of the molecule is CC(CN(C)CCO)N1CCC2(CCNCC2)C1. The summed E-state index contributed by atoms with van der Waals surface area (Å²) in [5, 5.41) is 12.4. The Morgan fingerprint density at radius 1 is 1.33 bits per heavy atom. The molecule has 106 valence electrons. The molecule has 2 N–H and O–H groups in total. The summed E-state index contributed by atoms with van der Waals surface area (Å²) in [6.45, 7) is 9.38. The van der Waals surface area contributed by atoms with Crippen molar-refractivity contribution in [2.75, 3.05) is 52.9 Å². The molecule has 0 aromatic rings. The molecular weight excluding hydrogens is 226 g/mol. The molecule has 2 aliphatic rings. The number of rotatable bonds is 5. The standard InChI is InChI=1S/C14H29N3O/c1-13(11-16(2)9-10-18)17-8-5-14(12-17)3-6-15-7-4-14/h13,15,18H,3-12H2,1-2H3. The summed E-state index contributed by atoms with van der Waals surface area (Å²) in [7, 11) is 2.10. The minimum atomic E-state index is 0.263. The lowest BCUT2D eigenvalue weighted by atomic mass is 9.78. The van der Waals surface area contributed by atoms with Crippen LogP contribution in [-0.4, -0.2) is 73.9 Å². The third-order valence-corrected chi connectivity index (χ3v) is 4.81. The molecule has 1 atom stereocenters. The highest BCUT2D eigenvalue weighted by molar-refractivity contribution is 4.94. The van der Waals surface area contributed by atoms with Gasteiger partial charge in [0, 0.05) is 25.7 Å². The molecule has 4 nitrogen and oxygen atoms in total. The second-order valence-corrected chi connectivity index (χ2v) is 6.31. The Hall–Kier alpha value is -0.160. The van der Waals surface area contributed by atoms with Crippen molar-refractivity contribution >= 4 is 0 Å². The van der Waals surface area contributed by atoms with E-state index in [9.17, 15) is 0 Å². The molecule has 2 heterocycles. The predicted molar refractivity (Wildman–Crippen MR) is 74.8 cm³/mol. The van der Waals surface area contributed by atoms with Crippen molar-refractivity contribution < 1.29 is 5.11 Å². The highest BCUT2D eigenvalue weighted by Gasteiger charge is 2.40. The van der Waals surface area contributed by atoms with Crippen LogP contribution in [0.4, 0.5) is 0 Å². The first-order chi connectivity index (χ1) is 8.65. The van der Waals surface area contributed by atoms with Crippen LogP contribution < -0.4 is 5.32 Å². The van der Waals surface area contributed by atoms with E-state index in [-0.39, 0.29) is 6.61 Å². The van der Waals surface area contributed by atoms with Gasteiger partial charge in [0.05, 0.1) is 6.61 Å². The third kappa shape index (κ3) is 3.44. The Kier molecular flexibility index (Phi) is 5.01. The van der Waals surface area contributed by atoms with E-state index in [1.165, 1.54) is 45.4 Å². The Balaban J connectivity index is 1.80. The van der Waals surface area contributed by atoms with Crippen LogP contribution in [0.3, 0.4) is 0 Å². The largest absolute Gasteiger partial charge is 0.395 e. The van der Waals surface area contributed by atoms with E-state index in [4.69, 9.17) is 5.11 Å². The van der Waals surface area contributed by atoms with Crippen molar-refractivity contribution in [2.24, 2.45) is 5.41 Å². The van der Waals surface area contributed by atoms with Crippen LogP contribution in [0.5, 0.6) is 0 Å². The zero-order valence-corrected chi connectivity index (χ0v) is 12.0. The average molecular weight is 255 g/mol. The van der Waals surface area contributed by atoms with Gasteiger partial charge in [0.25, 0.3) is 0 Å². The molecule has 1 unspecified atom stereocenters. The van der Waals surface area contributed by atoms with E-state index in [1.54, 1.807) is 0 Å². The van der Waals surface area contributed by atoms with Gasteiger partial charge in [-0.3, -0.25) is 4.90 Å². The smallest absolute Gasteiger partial charge is 0.0558 e. The van der Waals surface area contributed by atoms with Gasteiger partial charge in [-0.1, -0.05) is 0 Å². The van der Waals surface area contributed by atoms with Crippen molar-refractivity contribution in [2.45, 2.75) is 32.2 Å². The molecule has 0 bridgehead atoms. The van der Waals surface area contributed by atoms with E-state index in [0.29, 0.717) is 11.5 Å². The van der Waals surface area contributed by atoms with E-state index >= 15 is 0 Å². The normalized spacial score (nSPS) is 26.0. The first-order valence-electron chi connectivity index (χ1n) is 7.39. The number of nitrogens with one attached hydrogen (secondary N) is 1. The van der Waals surface area contributed by atoms with Crippen LogP contribution >= 0.6 is 0 Å². The Morgan fingerprint density at radius 2 is 2.06 bits per heavy atom. The minimum absolute atomic E-state index is 0.263. The molecule has 2 saturated heterocycles. The quantitative estimate of drug-likeness (QED) is 0.745. The maximum atomic E-state index is 8.95. The second-order valence-electron chi connectivity index (χ2n) is 6.31. The zero-order valence-electron chi connectivity index (χ0n) is 12.0. The number of likely N-dealkylation sites (N-methyl/N-ethyl adjacent to an activating group) is 1. The summed E-state index contributed by atoms with van der Waals surface area (Å²) in [6, 6.07) is 0.607. The van der Waals surface area contributed by atoms with Crippen LogP contribution in [0.2, 0.25) is 0 Å². The van der Waals surface area contributed by atoms with Gasteiger partial charge in [0.15, 0.2) is 0 Å². The summed E-state index contributed by atoms with van der Waals surface area (Å²) in [5.74, 6) is 0. The van der Waals surface area contributed by atoms with Gasteiger partial charge in [-0.05, 0) is 58.3 Å². The number of aliphatic hydroxyl groups excluding tert-OH is 1. The molecular formula is C14H29N3O. The summed E-state index contributed by atoms with van der Waals surface area (Å²) in [6.07, 6.45) is 4.08. The molecule has 0 aromatic carbocycles. The van der Waals surface area contributed by atoms with Crippen molar-refractivity contribution in [3.63, 3.8) is 0 Å². The number of likely N-dealkylation sites (tertiary alicyclic amines) is 1. The van der Waals surface area contributed by atoms with Crippen LogP contribution in [0, 0.1) is 5.41 Å². The highest BCUT2D eigenvalue weighted by atomic mass is 16.3. The molecule has 0 aliphatic carbocycles. The van der Waals surface area contributed by atoms with E-state index < -0.39 is 0 Å². The molecule has 0 saturated carbocycles. The van der Waals surface area contributed by atoms with Gasteiger partial charge in [0.1, 0.15) is 0 Å². The minimum Gasteiger partial charge on any atom is -0.395 e. The van der Waals surface area contributed by atoms with Crippen molar-refractivity contribution in [1.29, 1.82) is 0 Å². The molecule has 0 radical (unpaired) electrons. The fraction of sp³-hybridized carbons (Fsp3) is 1.00. The highest BCUT2D eigenvalue weighted by Crippen LogP contribution is 2.39. The van der Waals surface area contributed by atoms with Crippen LogP contribution in [0.1, 0.15) is 26.2 Å². The van der Waals surface area contributed by atoms with E-state index in [1.807, 2.05) is 0 Å². The molecule has 2 rings (SSSR count). The number of hydrogen-bond acceptors (Lipinski definition) is 4. The molecule has 4 heteroatoms. The Morgan fingerprint density at radius 3 is 2.72 bits per heavy atom. The lowest BCUT2D eigenvalue weighted by Gasteiger charge is -2.35. The fourth-order valence-corrected chi connectivity index (χ4v) is 3.54. The zero-order chi connectivity index (χ0) is 13.0. The maximum Gasteiger partial charge on any atom is 0.0558 e. The molecule has 18 heavy (non-hydrogen) atoms. The summed E-state index contributed by atoms with van der Waals surface area (Å²) >= 11 is 0. The number of hydrogen-bond donors (Lipinski definition) is 2. The van der Waals surface area contributed by atoms with Gasteiger partial charge in [-0.25, -0.2) is 0 Å². The molecule has 2 aliphatic heterocycles. The van der Waals surface area contributed by atoms with Gasteiger partial charge in [-0.15, -0.1) is 0 Å². The summed E-state index contributed by atoms with van der Waals surface area (Å²) < 4.78 is 0. The number of nitrogens with zero attached hydrogens (tertiary/aromatic N) is 2. The lowest BCUT2D eigenvalue weighted by Crippen LogP contribution is -2.43. The van der Waals surface area contributed by atoms with Crippen LogP contribution in [0.25, 0.3) is 0 Å². The third-order valence-electron chi connectivity index (χ3n) is 4.81. The lowest BCUT2D eigenvalue weighted by molar-refractivity contribution is 0.141. The average Bonchev–Trinajstić information content (AvgIpc) is 2.74. The summed E-state index contributed by atoms with van der Waals surface area (Å²) in [5.41, 5.74) is 0.606.